The number of nitrogens with zero attached hydrogens (tertiary/aromatic N) is 4. The van der Waals surface area contributed by atoms with Gasteiger partial charge in [-0.1, -0.05) is 6.07 Å². The van der Waals surface area contributed by atoms with Gasteiger partial charge in [0.2, 0.25) is 11.9 Å². The van der Waals surface area contributed by atoms with Gasteiger partial charge >= 0.3 is 0 Å². The molecular formula is C18H25N7O2. The molecule has 0 amide bonds. The number of phenolic OH excluding ortho intramolecular Hbond substituents is 2. The van der Waals surface area contributed by atoms with Crippen molar-refractivity contribution in [3.8, 4) is 11.5 Å². The number of phenols is 2. The molecule has 0 fully saturated rings. The molecule has 3 rings (SSSR count). The Bertz CT molecular complexity index is 966. The number of hydrogen-bond donors (Lipinski definition) is 5. The van der Waals surface area contributed by atoms with E-state index < -0.39 is 0 Å². The second-order valence-corrected chi connectivity index (χ2v) is 6.96. The molecule has 0 radical (unpaired) electrons. The van der Waals surface area contributed by atoms with E-state index >= 15 is 0 Å². The fourth-order valence-corrected chi connectivity index (χ4v) is 2.88. The summed E-state index contributed by atoms with van der Waals surface area (Å²) in [4.78, 5) is 13.6. The number of rotatable bonds is 6. The molecule has 0 bridgehead atoms. The van der Waals surface area contributed by atoms with Crippen molar-refractivity contribution >= 4 is 23.1 Å². The highest BCUT2D eigenvalue weighted by atomic mass is 16.3. The van der Waals surface area contributed by atoms with Crippen LogP contribution in [-0.2, 0) is 6.42 Å². The van der Waals surface area contributed by atoms with E-state index in [1.807, 2.05) is 25.3 Å². The molecule has 1 atom stereocenters. The van der Waals surface area contributed by atoms with Gasteiger partial charge < -0.3 is 27.0 Å². The van der Waals surface area contributed by atoms with Gasteiger partial charge in [0.15, 0.2) is 17.1 Å². The number of hydrogen-bond acceptors (Lipinski definition) is 8. The summed E-state index contributed by atoms with van der Waals surface area (Å²) in [6.45, 7) is 6.43. The quantitative estimate of drug-likeness (QED) is 0.412. The van der Waals surface area contributed by atoms with Crippen LogP contribution in [0.4, 0.5) is 11.9 Å². The molecule has 9 heteroatoms. The monoisotopic (exact) mass is 371 g/mol. The Labute approximate surface area is 157 Å². The highest BCUT2D eigenvalue weighted by Gasteiger charge is 2.19. The fraction of sp³-hybridized carbons (Fsp3) is 0.389. The van der Waals surface area contributed by atoms with Crippen LogP contribution >= 0.6 is 0 Å². The number of aromatic hydroxyl groups is 2. The van der Waals surface area contributed by atoms with Crippen molar-refractivity contribution in [3.05, 3.63) is 29.5 Å². The first-order chi connectivity index (χ1) is 12.8. The molecule has 7 N–H and O–H groups in total. The second-order valence-electron chi connectivity index (χ2n) is 6.96. The molecule has 144 valence electrons. The topological polar surface area (TPSA) is 148 Å². The van der Waals surface area contributed by atoms with Crippen molar-refractivity contribution in [3.63, 3.8) is 0 Å². The van der Waals surface area contributed by atoms with Crippen LogP contribution in [0.5, 0.6) is 11.5 Å². The maximum Gasteiger partial charge on any atom is 0.225 e. The van der Waals surface area contributed by atoms with Crippen molar-refractivity contribution in [2.24, 2.45) is 5.73 Å². The molecule has 0 saturated carbocycles. The van der Waals surface area contributed by atoms with Crippen molar-refractivity contribution < 1.29 is 10.2 Å². The van der Waals surface area contributed by atoms with Crippen LogP contribution in [0.1, 0.15) is 38.1 Å². The lowest BCUT2D eigenvalue weighted by atomic mass is 10.1. The summed E-state index contributed by atoms with van der Waals surface area (Å²) < 4.78 is 1.85. The summed E-state index contributed by atoms with van der Waals surface area (Å²) in [5.41, 5.74) is 14.6. The molecule has 2 aromatic heterocycles. The maximum absolute atomic E-state index is 9.76. The largest absolute Gasteiger partial charge is 0.504 e. The molecular weight excluding hydrogens is 346 g/mol. The van der Waals surface area contributed by atoms with E-state index in [0.29, 0.717) is 41.7 Å². The summed E-state index contributed by atoms with van der Waals surface area (Å²) in [5, 5.41) is 22.4. The minimum atomic E-state index is -0.180. The Hall–Kier alpha value is -3.07. The summed E-state index contributed by atoms with van der Waals surface area (Å²) in [7, 11) is 0. The SMILES string of the molecule is CC(N)CNc1nc(Cc2ccc(O)c(O)c2)c2nc(N)n(C(C)C)c2n1. The normalized spacial score (nSPS) is 12.6. The summed E-state index contributed by atoms with van der Waals surface area (Å²) in [6.07, 6.45) is 0.397. The number of imidazole rings is 1. The molecule has 27 heavy (non-hydrogen) atoms. The van der Waals surface area contributed by atoms with Gasteiger partial charge in [0.1, 0.15) is 5.52 Å². The van der Waals surface area contributed by atoms with E-state index in [1.165, 1.54) is 12.1 Å². The zero-order valence-electron chi connectivity index (χ0n) is 15.6. The third-order valence-electron chi connectivity index (χ3n) is 4.15. The van der Waals surface area contributed by atoms with E-state index in [9.17, 15) is 10.2 Å². The molecule has 0 spiro atoms. The van der Waals surface area contributed by atoms with Crippen molar-refractivity contribution in [2.75, 3.05) is 17.6 Å². The molecule has 0 aliphatic rings. The summed E-state index contributed by atoms with van der Waals surface area (Å²) >= 11 is 0. The number of nitrogen functional groups attached to an aromatic ring is 1. The molecule has 0 saturated heterocycles. The van der Waals surface area contributed by atoms with E-state index in [-0.39, 0.29) is 23.6 Å². The van der Waals surface area contributed by atoms with Crippen molar-refractivity contribution in [1.82, 2.24) is 19.5 Å². The van der Waals surface area contributed by atoms with E-state index in [1.54, 1.807) is 6.07 Å². The van der Waals surface area contributed by atoms with E-state index in [0.717, 1.165) is 5.56 Å². The van der Waals surface area contributed by atoms with Gasteiger partial charge in [-0.15, -0.1) is 0 Å². The average Bonchev–Trinajstić information content (AvgIpc) is 2.92. The molecule has 0 aliphatic heterocycles. The number of anilines is 2. The molecule has 0 aliphatic carbocycles. The highest BCUT2D eigenvalue weighted by Crippen LogP contribution is 2.29. The smallest absolute Gasteiger partial charge is 0.225 e. The van der Waals surface area contributed by atoms with Gasteiger partial charge in [0.25, 0.3) is 0 Å². The first-order valence-corrected chi connectivity index (χ1v) is 8.81. The van der Waals surface area contributed by atoms with Gasteiger partial charge in [-0.25, -0.2) is 9.97 Å². The minimum Gasteiger partial charge on any atom is -0.504 e. The number of fused-ring (bicyclic) bond motifs is 1. The average molecular weight is 371 g/mol. The lowest BCUT2D eigenvalue weighted by Crippen LogP contribution is -2.26. The van der Waals surface area contributed by atoms with Crippen LogP contribution in [-0.4, -0.2) is 42.3 Å². The number of aromatic nitrogens is 4. The van der Waals surface area contributed by atoms with Crippen LogP contribution in [0, 0.1) is 0 Å². The Kier molecular flexibility index (Phi) is 5.04. The van der Waals surface area contributed by atoms with Crippen LogP contribution < -0.4 is 16.8 Å². The van der Waals surface area contributed by atoms with Gasteiger partial charge in [-0.05, 0) is 38.5 Å². The van der Waals surface area contributed by atoms with E-state index in [4.69, 9.17) is 11.5 Å². The van der Waals surface area contributed by atoms with Crippen molar-refractivity contribution in [2.45, 2.75) is 39.3 Å². The third-order valence-corrected chi connectivity index (χ3v) is 4.15. The van der Waals surface area contributed by atoms with Gasteiger partial charge in [-0.3, -0.25) is 4.57 Å². The highest BCUT2D eigenvalue weighted by molar-refractivity contribution is 5.78. The Morgan fingerprint density at radius 1 is 1.11 bits per heavy atom. The molecule has 1 unspecified atom stereocenters. The second kappa shape index (κ2) is 7.28. The predicted molar refractivity (Wildman–Crippen MR) is 105 cm³/mol. The first kappa shape index (κ1) is 18.7. The van der Waals surface area contributed by atoms with E-state index in [2.05, 4.69) is 20.3 Å². The number of nitrogens with two attached hydrogens (primary N) is 2. The third kappa shape index (κ3) is 3.87. The summed E-state index contributed by atoms with van der Waals surface area (Å²) in [6, 6.07) is 4.69. The first-order valence-electron chi connectivity index (χ1n) is 8.81. The van der Waals surface area contributed by atoms with Crippen LogP contribution in [0.2, 0.25) is 0 Å². The standard InChI is InChI=1S/C18H25N7O2/c1-9(2)25-16-15(23-17(25)20)12(22-18(24-16)21-8-10(3)19)6-11-4-5-13(26)14(27)7-11/h4-5,7,9-10,26-27H,6,8,19H2,1-3H3,(H2,20,23)(H,21,22,24). The fourth-order valence-electron chi connectivity index (χ4n) is 2.88. The zero-order valence-corrected chi connectivity index (χ0v) is 15.6. The Morgan fingerprint density at radius 2 is 1.85 bits per heavy atom. The van der Waals surface area contributed by atoms with Crippen molar-refractivity contribution in [1.29, 1.82) is 0 Å². The number of benzene rings is 1. The molecule has 2 heterocycles. The van der Waals surface area contributed by atoms with Gasteiger partial charge in [-0.2, -0.15) is 4.98 Å². The van der Waals surface area contributed by atoms with Crippen LogP contribution in [0.25, 0.3) is 11.2 Å². The molecule has 3 aromatic rings. The zero-order chi connectivity index (χ0) is 19.7. The maximum atomic E-state index is 9.76. The molecule has 9 nitrogen and oxygen atoms in total. The minimum absolute atomic E-state index is 0.0538. The molecule has 1 aromatic carbocycles. The van der Waals surface area contributed by atoms with Gasteiger partial charge in [0.05, 0.1) is 5.69 Å². The Morgan fingerprint density at radius 3 is 2.48 bits per heavy atom. The van der Waals surface area contributed by atoms with Crippen LogP contribution in [0.3, 0.4) is 0 Å². The van der Waals surface area contributed by atoms with Crippen LogP contribution in [0.15, 0.2) is 18.2 Å². The lowest BCUT2D eigenvalue weighted by molar-refractivity contribution is 0.403. The Balaban J connectivity index is 2.10. The van der Waals surface area contributed by atoms with Gasteiger partial charge in [0, 0.05) is 25.0 Å². The summed E-state index contributed by atoms with van der Waals surface area (Å²) in [5.74, 6) is 0.465. The lowest BCUT2D eigenvalue weighted by Gasteiger charge is -2.13. The predicted octanol–water partition coefficient (Wildman–Crippen LogP) is 1.75. The number of nitrogens with one attached hydrogen (secondary N) is 1.